The highest BCUT2D eigenvalue weighted by atomic mass is 16.5. The van der Waals surface area contributed by atoms with Gasteiger partial charge in [0.1, 0.15) is 22.8 Å². The molecule has 1 unspecified atom stereocenters. The van der Waals surface area contributed by atoms with E-state index in [-0.39, 0.29) is 6.61 Å². The first-order chi connectivity index (χ1) is 9.95. The summed E-state index contributed by atoms with van der Waals surface area (Å²) in [7, 11) is 3.12. The Morgan fingerprint density at radius 3 is 2.14 bits per heavy atom. The van der Waals surface area contributed by atoms with E-state index in [1.165, 1.54) is 0 Å². The Hall–Kier alpha value is -1.95. The molecule has 0 aliphatic carbocycles. The van der Waals surface area contributed by atoms with Crippen LogP contribution in [0.1, 0.15) is 20.3 Å². The minimum Gasteiger partial charge on any atom is -0.496 e. The number of carboxylic acids is 1. The summed E-state index contributed by atoms with van der Waals surface area (Å²) in [4.78, 5) is 11.3. The lowest BCUT2D eigenvalue weighted by atomic mass is 9.98. The van der Waals surface area contributed by atoms with Crippen molar-refractivity contribution >= 4 is 5.97 Å². The van der Waals surface area contributed by atoms with Crippen molar-refractivity contribution in [2.45, 2.75) is 25.8 Å². The molecular formula is C15H23NO5. The van der Waals surface area contributed by atoms with Crippen LogP contribution in [0.4, 0.5) is 0 Å². The van der Waals surface area contributed by atoms with Gasteiger partial charge < -0.3 is 24.6 Å². The Balaban J connectivity index is 2.68. The van der Waals surface area contributed by atoms with Crippen molar-refractivity contribution in [3.63, 3.8) is 0 Å². The van der Waals surface area contributed by atoms with E-state index in [1.54, 1.807) is 39.3 Å². The molecule has 21 heavy (non-hydrogen) atoms. The second-order valence-corrected chi connectivity index (χ2v) is 4.81. The highest BCUT2D eigenvalue weighted by molar-refractivity contribution is 5.78. The summed E-state index contributed by atoms with van der Waals surface area (Å²) < 4.78 is 15.9. The quantitative estimate of drug-likeness (QED) is 0.725. The molecule has 0 saturated heterocycles. The van der Waals surface area contributed by atoms with Crippen LogP contribution >= 0.6 is 0 Å². The summed E-state index contributed by atoms with van der Waals surface area (Å²) in [6.07, 6.45) is 0.343. The average molecular weight is 297 g/mol. The van der Waals surface area contributed by atoms with E-state index in [4.69, 9.17) is 14.2 Å². The Kier molecular flexibility index (Phi) is 6.30. The van der Waals surface area contributed by atoms with Crippen molar-refractivity contribution < 1.29 is 24.1 Å². The van der Waals surface area contributed by atoms with Gasteiger partial charge >= 0.3 is 5.97 Å². The first kappa shape index (κ1) is 17.1. The van der Waals surface area contributed by atoms with E-state index >= 15 is 0 Å². The lowest BCUT2D eigenvalue weighted by Crippen LogP contribution is -2.50. The molecule has 0 heterocycles. The average Bonchev–Trinajstić information content (AvgIpc) is 2.46. The molecule has 0 aromatic heterocycles. The summed E-state index contributed by atoms with van der Waals surface area (Å²) in [5, 5.41) is 12.2. The van der Waals surface area contributed by atoms with Crippen molar-refractivity contribution in [2.24, 2.45) is 0 Å². The maximum atomic E-state index is 11.3. The van der Waals surface area contributed by atoms with Gasteiger partial charge in [0.15, 0.2) is 0 Å². The van der Waals surface area contributed by atoms with E-state index in [9.17, 15) is 9.90 Å². The standard InChI is InChI=1S/C15H23NO5/c1-5-16-15(2,14(17)18)6-7-21-13-9-11(19-3)8-12(10-13)20-4/h8-10,16H,5-7H2,1-4H3,(H,17,18). The number of benzene rings is 1. The van der Waals surface area contributed by atoms with Gasteiger partial charge in [0.25, 0.3) is 0 Å². The molecule has 0 spiro atoms. The molecule has 1 aromatic rings. The summed E-state index contributed by atoms with van der Waals surface area (Å²) in [5.41, 5.74) is -1.00. The number of carboxylic acid groups (broad SMARTS) is 1. The van der Waals surface area contributed by atoms with Crippen LogP contribution in [0.25, 0.3) is 0 Å². The number of methoxy groups -OCH3 is 2. The molecule has 6 heteroatoms. The lowest BCUT2D eigenvalue weighted by molar-refractivity contribution is -0.144. The first-order valence-electron chi connectivity index (χ1n) is 6.79. The van der Waals surface area contributed by atoms with Crippen LogP contribution in [0.2, 0.25) is 0 Å². The summed E-state index contributed by atoms with van der Waals surface area (Å²) in [6.45, 7) is 4.37. The lowest BCUT2D eigenvalue weighted by Gasteiger charge is -2.25. The predicted molar refractivity (Wildman–Crippen MR) is 79.4 cm³/mol. The van der Waals surface area contributed by atoms with Gasteiger partial charge in [-0.25, -0.2) is 0 Å². The Morgan fingerprint density at radius 2 is 1.71 bits per heavy atom. The van der Waals surface area contributed by atoms with Crippen molar-refractivity contribution in [1.29, 1.82) is 0 Å². The minimum absolute atomic E-state index is 0.270. The van der Waals surface area contributed by atoms with Gasteiger partial charge in [0.05, 0.1) is 20.8 Å². The fraction of sp³-hybridized carbons (Fsp3) is 0.533. The molecular weight excluding hydrogens is 274 g/mol. The normalized spacial score (nSPS) is 13.3. The highest BCUT2D eigenvalue weighted by Crippen LogP contribution is 2.27. The molecule has 0 saturated carbocycles. The Labute approximate surface area is 125 Å². The third-order valence-corrected chi connectivity index (χ3v) is 3.23. The fourth-order valence-corrected chi connectivity index (χ4v) is 1.90. The van der Waals surface area contributed by atoms with Crippen LogP contribution < -0.4 is 19.5 Å². The van der Waals surface area contributed by atoms with Crippen LogP contribution in [0.15, 0.2) is 18.2 Å². The van der Waals surface area contributed by atoms with Gasteiger partial charge in [-0.05, 0) is 13.5 Å². The van der Waals surface area contributed by atoms with E-state index in [0.29, 0.717) is 30.2 Å². The van der Waals surface area contributed by atoms with Crippen LogP contribution in [0.3, 0.4) is 0 Å². The van der Waals surface area contributed by atoms with Crippen LogP contribution in [-0.2, 0) is 4.79 Å². The number of nitrogens with one attached hydrogen (secondary N) is 1. The van der Waals surface area contributed by atoms with Gasteiger partial charge in [-0.2, -0.15) is 0 Å². The molecule has 1 aromatic carbocycles. The van der Waals surface area contributed by atoms with Gasteiger partial charge in [0, 0.05) is 24.6 Å². The molecule has 0 radical (unpaired) electrons. The van der Waals surface area contributed by atoms with Crippen molar-refractivity contribution in [3.05, 3.63) is 18.2 Å². The first-order valence-corrected chi connectivity index (χ1v) is 6.79. The topological polar surface area (TPSA) is 77.0 Å². The number of aliphatic carboxylic acids is 1. The molecule has 0 aliphatic heterocycles. The fourth-order valence-electron chi connectivity index (χ4n) is 1.90. The van der Waals surface area contributed by atoms with E-state index in [2.05, 4.69) is 5.32 Å². The van der Waals surface area contributed by atoms with E-state index in [0.717, 1.165) is 0 Å². The van der Waals surface area contributed by atoms with Gasteiger partial charge in [0.2, 0.25) is 0 Å². The summed E-state index contributed by atoms with van der Waals surface area (Å²) in [6, 6.07) is 5.20. The maximum absolute atomic E-state index is 11.3. The van der Waals surface area contributed by atoms with Crippen molar-refractivity contribution in [1.82, 2.24) is 5.32 Å². The maximum Gasteiger partial charge on any atom is 0.323 e. The highest BCUT2D eigenvalue weighted by Gasteiger charge is 2.31. The number of carbonyl (C=O) groups is 1. The van der Waals surface area contributed by atoms with Crippen LogP contribution in [0.5, 0.6) is 17.2 Å². The van der Waals surface area contributed by atoms with Gasteiger partial charge in [-0.15, -0.1) is 0 Å². The molecule has 1 rings (SSSR count). The largest absolute Gasteiger partial charge is 0.496 e. The molecule has 0 amide bonds. The number of hydrogen-bond acceptors (Lipinski definition) is 5. The minimum atomic E-state index is -1.00. The Bertz CT molecular complexity index is 455. The third kappa shape index (κ3) is 4.82. The molecule has 0 fully saturated rings. The zero-order valence-corrected chi connectivity index (χ0v) is 12.9. The number of hydrogen-bond donors (Lipinski definition) is 2. The molecule has 0 bridgehead atoms. The molecule has 6 nitrogen and oxygen atoms in total. The van der Waals surface area contributed by atoms with Crippen molar-refractivity contribution in [3.8, 4) is 17.2 Å². The molecule has 1 atom stereocenters. The second-order valence-electron chi connectivity index (χ2n) is 4.81. The smallest absolute Gasteiger partial charge is 0.323 e. The molecule has 118 valence electrons. The monoisotopic (exact) mass is 297 g/mol. The van der Waals surface area contributed by atoms with E-state index < -0.39 is 11.5 Å². The van der Waals surface area contributed by atoms with Gasteiger partial charge in [-0.1, -0.05) is 6.92 Å². The number of ether oxygens (including phenoxy) is 3. The SMILES string of the molecule is CCNC(C)(CCOc1cc(OC)cc(OC)c1)C(=O)O. The van der Waals surface area contributed by atoms with E-state index in [1.807, 2.05) is 6.92 Å². The van der Waals surface area contributed by atoms with Crippen molar-refractivity contribution in [2.75, 3.05) is 27.4 Å². The zero-order valence-electron chi connectivity index (χ0n) is 12.9. The summed E-state index contributed by atoms with van der Waals surface area (Å²) in [5.74, 6) is 0.931. The molecule has 2 N–H and O–H groups in total. The Morgan fingerprint density at radius 1 is 1.19 bits per heavy atom. The summed E-state index contributed by atoms with van der Waals surface area (Å²) >= 11 is 0. The third-order valence-electron chi connectivity index (χ3n) is 3.23. The number of likely N-dealkylation sites (N-methyl/N-ethyl adjacent to an activating group) is 1. The predicted octanol–water partition coefficient (Wildman–Crippen LogP) is 1.93. The van der Waals surface area contributed by atoms with Crippen LogP contribution in [-0.4, -0.2) is 44.0 Å². The van der Waals surface area contributed by atoms with Crippen LogP contribution in [0, 0.1) is 0 Å². The molecule has 0 aliphatic rings. The second kappa shape index (κ2) is 7.73. The zero-order chi connectivity index (χ0) is 15.9. The number of rotatable bonds is 9. The van der Waals surface area contributed by atoms with Gasteiger partial charge in [-0.3, -0.25) is 4.79 Å².